The normalized spacial score (nSPS) is 10.7. The SMILES string of the molecule is CCOc1ccc(C(=O)n2c(=S)[nH]c3ccccc3c2=O)cc1[N+](=O)[O-]. The third-order valence-electron chi connectivity index (χ3n) is 3.71. The molecule has 0 aliphatic heterocycles. The number of benzene rings is 2. The van der Waals surface area contributed by atoms with Gasteiger partial charge in [0.05, 0.1) is 22.4 Å². The van der Waals surface area contributed by atoms with Gasteiger partial charge in [-0.15, -0.1) is 0 Å². The van der Waals surface area contributed by atoms with Crippen molar-refractivity contribution >= 4 is 34.7 Å². The number of aromatic amines is 1. The fourth-order valence-corrected chi connectivity index (χ4v) is 2.82. The zero-order chi connectivity index (χ0) is 18.8. The number of hydrogen-bond donors (Lipinski definition) is 1. The van der Waals surface area contributed by atoms with E-state index in [0.29, 0.717) is 5.52 Å². The minimum absolute atomic E-state index is 0.0444. The van der Waals surface area contributed by atoms with E-state index in [1.165, 1.54) is 12.1 Å². The lowest BCUT2D eigenvalue weighted by Gasteiger charge is -2.08. The monoisotopic (exact) mass is 371 g/mol. The van der Waals surface area contributed by atoms with Crippen LogP contribution in [-0.2, 0) is 0 Å². The fourth-order valence-electron chi connectivity index (χ4n) is 2.55. The van der Waals surface area contributed by atoms with E-state index in [4.69, 9.17) is 17.0 Å². The Morgan fingerprint density at radius 1 is 1.31 bits per heavy atom. The van der Waals surface area contributed by atoms with E-state index >= 15 is 0 Å². The molecular weight excluding hydrogens is 358 g/mol. The number of para-hydroxylation sites is 1. The zero-order valence-corrected chi connectivity index (χ0v) is 14.4. The van der Waals surface area contributed by atoms with Crippen molar-refractivity contribution in [1.29, 1.82) is 0 Å². The van der Waals surface area contributed by atoms with Crippen LogP contribution in [0.4, 0.5) is 5.69 Å². The van der Waals surface area contributed by atoms with Crippen molar-refractivity contribution in [3.05, 3.63) is 73.3 Å². The summed E-state index contributed by atoms with van der Waals surface area (Å²) in [4.78, 5) is 38.8. The molecule has 132 valence electrons. The quantitative estimate of drug-likeness (QED) is 0.429. The Bertz CT molecular complexity index is 1150. The van der Waals surface area contributed by atoms with Gasteiger partial charge in [-0.25, -0.2) is 4.57 Å². The molecule has 0 bridgehead atoms. The van der Waals surface area contributed by atoms with Crippen molar-refractivity contribution in [3.8, 4) is 5.75 Å². The number of H-pyrrole nitrogens is 1. The second-order valence-corrected chi connectivity index (χ2v) is 5.68. The van der Waals surface area contributed by atoms with Crippen molar-refractivity contribution in [2.24, 2.45) is 0 Å². The average Bonchev–Trinajstić information content (AvgIpc) is 2.62. The molecular formula is C17H13N3O5S. The van der Waals surface area contributed by atoms with Crippen molar-refractivity contribution in [2.75, 3.05) is 6.61 Å². The second kappa shape index (κ2) is 6.89. The lowest BCUT2D eigenvalue weighted by atomic mass is 10.1. The van der Waals surface area contributed by atoms with Gasteiger partial charge in [0.25, 0.3) is 11.5 Å². The van der Waals surface area contributed by atoms with Crippen LogP contribution in [0.25, 0.3) is 10.9 Å². The molecule has 3 aromatic rings. The largest absolute Gasteiger partial charge is 0.487 e. The number of carbonyl (C=O) groups is 1. The van der Waals surface area contributed by atoms with Gasteiger partial charge in [0.2, 0.25) is 0 Å². The fraction of sp³-hybridized carbons (Fsp3) is 0.118. The van der Waals surface area contributed by atoms with E-state index < -0.39 is 16.4 Å². The van der Waals surface area contributed by atoms with E-state index in [9.17, 15) is 19.7 Å². The van der Waals surface area contributed by atoms with Gasteiger partial charge in [-0.05, 0) is 43.4 Å². The number of nitro benzene ring substituents is 1. The molecule has 0 fully saturated rings. The molecule has 1 heterocycles. The highest BCUT2D eigenvalue weighted by Crippen LogP contribution is 2.28. The summed E-state index contributed by atoms with van der Waals surface area (Å²) in [6, 6.07) is 10.4. The molecule has 0 unspecified atom stereocenters. The molecule has 0 spiro atoms. The Morgan fingerprint density at radius 2 is 2.04 bits per heavy atom. The molecule has 0 aliphatic carbocycles. The number of rotatable bonds is 4. The van der Waals surface area contributed by atoms with Crippen molar-refractivity contribution in [2.45, 2.75) is 6.92 Å². The zero-order valence-electron chi connectivity index (χ0n) is 13.6. The number of carbonyl (C=O) groups excluding carboxylic acids is 1. The lowest BCUT2D eigenvalue weighted by Crippen LogP contribution is -2.29. The Kier molecular flexibility index (Phi) is 4.63. The van der Waals surface area contributed by atoms with Crippen LogP contribution in [0.15, 0.2) is 47.3 Å². The van der Waals surface area contributed by atoms with Gasteiger partial charge in [0.1, 0.15) is 0 Å². The Labute approximate surface area is 151 Å². The number of hydrogen-bond acceptors (Lipinski definition) is 6. The number of nitro groups is 1. The lowest BCUT2D eigenvalue weighted by molar-refractivity contribution is -0.385. The van der Waals surface area contributed by atoms with Gasteiger partial charge in [-0.2, -0.15) is 0 Å². The first-order valence-electron chi connectivity index (χ1n) is 7.64. The van der Waals surface area contributed by atoms with Crippen molar-refractivity contribution < 1.29 is 14.5 Å². The van der Waals surface area contributed by atoms with Crippen molar-refractivity contribution in [1.82, 2.24) is 9.55 Å². The third-order valence-corrected chi connectivity index (χ3v) is 4.00. The maximum absolute atomic E-state index is 12.8. The summed E-state index contributed by atoms with van der Waals surface area (Å²) in [6.07, 6.45) is 0. The van der Waals surface area contributed by atoms with Gasteiger partial charge in [-0.1, -0.05) is 12.1 Å². The van der Waals surface area contributed by atoms with Crippen LogP contribution in [0.2, 0.25) is 0 Å². The van der Waals surface area contributed by atoms with Crippen LogP contribution < -0.4 is 10.3 Å². The van der Waals surface area contributed by atoms with Crippen LogP contribution in [0, 0.1) is 14.9 Å². The second-order valence-electron chi connectivity index (χ2n) is 5.29. The highest BCUT2D eigenvalue weighted by Gasteiger charge is 2.21. The Balaban J connectivity index is 2.18. The van der Waals surface area contributed by atoms with Crippen LogP contribution in [0.1, 0.15) is 17.3 Å². The maximum atomic E-state index is 12.8. The molecule has 26 heavy (non-hydrogen) atoms. The van der Waals surface area contributed by atoms with E-state index in [0.717, 1.165) is 10.6 Å². The maximum Gasteiger partial charge on any atom is 0.311 e. The van der Waals surface area contributed by atoms with E-state index in [-0.39, 0.29) is 33.8 Å². The van der Waals surface area contributed by atoms with E-state index in [1.807, 2.05) is 0 Å². The summed E-state index contributed by atoms with van der Waals surface area (Å²) >= 11 is 5.12. The molecule has 3 rings (SSSR count). The summed E-state index contributed by atoms with van der Waals surface area (Å²) in [5, 5.41) is 11.5. The van der Waals surface area contributed by atoms with E-state index in [2.05, 4.69) is 4.98 Å². The molecule has 2 aromatic carbocycles. The average molecular weight is 371 g/mol. The molecule has 8 nitrogen and oxygen atoms in total. The smallest absolute Gasteiger partial charge is 0.311 e. The van der Waals surface area contributed by atoms with Crippen LogP contribution in [-0.4, -0.2) is 27.0 Å². The molecule has 1 N–H and O–H groups in total. The number of aromatic nitrogens is 2. The van der Waals surface area contributed by atoms with E-state index in [1.54, 1.807) is 31.2 Å². The van der Waals surface area contributed by atoms with Crippen LogP contribution in [0.3, 0.4) is 0 Å². The molecule has 0 amide bonds. The molecule has 0 saturated heterocycles. The van der Waals surface area contributed by atoms with Gasteiger partial charge in [-0.3, -0.25) is 19.7 Å². The van der Waals surface area contributed by atoms with Crippen LogP contribution >= 0.6 is 12.2 Å². The molecule has 9 heteroatoms. The Hall–Kier alpha value is -3.33. The standard InChI is InChI=1S/C17H13N3O5S/c1-2-25-14-8-7-10(9-13(14)20(23)24)15(21)19-16(22)11-5-3-4-6-12(11)18-17(19)26/h3-9H,2H2,1H3,(H,18,26). The first-order valence-corrected chi connectivity index (χ1v) is 8.05. The molecule has 1 aromatic heterocycles. The van der Waals surface area contributed by atoms with Crippen molar-refractivity contribution in [3.63, 3.8) is 0 Å². The van der Waals surface area contributed by atoms with Gasteiger partial charge < -0.3 is 9.72 Å². The summed E-state index contributed by atoms with van der Waals surface area (Å²) in [6.45, 7) is 1.93. The van der Waals surface area contributed by atoms with Gasteiger partial charge in [0.15, 0.2) is 10.5 Å². The van der Waals surface area contributed by atoms with Gasteiger partial charge in [0, 0.05) is 11.6 Å². The third kappa shape index (κ3) is 3.00. The molecule has 0 atom stereocenters. The Morgan fingerprint density at radius 3 is 2.73 bits per heavy atom. The molecule has 0 aliphatic rings. The highest BCUT2D eigenvalue weighted by molar-refractivity contribution is 7.71. The minimum atomic E-state index is -0.756. The summed E-state index contributed by atoms with van der Waals surface area (Å²) in [5.74, 6) is -0.710. The number of nitrogens with one attached hydrogen (secondary N) is 1. The summed E-state index contributed by atoms with van der Waals surface area (Å²) in [7, 11) is 0. The summed E-state index contributed by atoms with van der Waals surface area (Å²) in [5.41, 5.74) is -0.492. The first-order chi connectivity index (χ1) is 12.4. The topological polar surface area (TPSA) is 107 Å². The highest BCUT2D eigenvalue weighted by atomic mass is 32.1. The molecule has 0 radical (unpaired) electrons. The number of fused-ring (bicyclic) bond motifs is 1. The summed E-state index contributed by atoms with van der Waals surface area (Å²) < 4.78 is 5.90. The first kappa shape index (κ1) is 17.5. The minimum Gasteiger partial charge on any atom is -0.487 e. The van der Waals surface area contributed by atoms with Gasteiger partial charge >= 0.3 is 5.69 Å². The predicted molar refractivity (Wildman–Crippen MR) is 97.4 cm³/mol. The number of nitrogens with zero attached hydrogens (tertiary/aromatic N) is 2. The predicted octanol–water partition coefficient (Wildman–Crippen LogP) is 3.05. The number of ether oxygens (including phenoxy) is 1. The molecule has 0 saturated carbocycles. The van der Waals surface area contributed by atoms with Crippen LogP contribution in [0.5, 0.6) is 5.75 Å².